The Morgan fingerprint density at radius 1 is 1.43 bits per heavy atom. The summed E-state index contributed by atoms with van der Waals surface area (Å²) >= 11 is 0. The van der Waals surface area contributed by atoms with Crippen molar-refractivity contribution in [1.82, 2.24) is 4.31 Å². The van der Waals surface area contributed by atoms with Crippen LogP contribution < -0.4 is 5.73 Å². The number of carbonyl (C=O) groups excluding carboxylic acids is 1. The highest BCUT2D eigenvalue weighted by atomic mass is 32.2. The Labute approximate surface area is 124 Å². The molecule has 1 aromatic carbocycles. The van der Waals surface area contributed by atoms with Crippen molar-refractivity contribution in [3.63, 3.8) is 0 Å². The normalized spacial score (nSPS) is 21.9. The number of aliphatic hydroxyl groups is 1. The van der Waals surface area contributed by atoms with Crippen LogP contribution in [0.1, 0.15) is 37.9 Å². The second kappa shape index (κ2) is 6.13. The highest BCUT2D eigenvalue weighted by Crippen LogP contribution is 2.26. The largest absolute Gasteiger partial charge is 0.389 e. The summed E-state index contributed by atoms with van der Waals surface area (Å²) in [7, 11) is -3.79. The van der Waals surface area contributed by atoms with Gasteiger partial charge in [-0.1, -0.05) is 18.6 Å². The molecule has 1 fully saturated rings. The monoisotopic (exact) mass is 312 g/mol. The summed E-state index contributed by atoms with van der Waals surface area (Å²) in [4.78, 5) is 11.6. The Kier molecular flexibility index (Phi) is 4.65. The van der Waals surface area contributed by atoms with Gasteiger partial charge in [0.15, 0.2) is 0 Å². The van der Waals surface area contributed by atoms with Gasteiger partial charge in [-0.3, -0.25) is 4.79 Å². The van der Waals surface area contributed by atoms with Crippen LogP contribution in [0.4, 0.5) is 0 Å². The molecule has 6 nitrogen and oxygen atoms in total. The van der Waals surface area contributed by atoms with E-state index in [0.717, 1.165) is 6.42 Å². The molecule has 1 aliphatic rings. The molecule has 1 aliphatic heterocycles. The molecule has 1 aromatic rings. The quantitative estimate of drug-likeness (QED) is 0.857. The summed E-state index contributed by atoms with van der Waals surface area (Å²) in [6, 6.07) is 5.35. The van der Waals surface area contributed by atoms with Crippen LogP contribution in [0.5, 0.6) is 0 Å². The van der Waals surface area contributed by atoms with Crippen molar-refractivity contribution >= 4 is 15.9 Å². The van der Waals surface area contributed by atoms with Gasteiger partial charge in [-0.15, -0.1) is 0 Å². The summed E-state index contributed by atoms with van der Waals surface area (Å²) in [6.45, 7) is 1.85. The van der Waals surface area contributed by atoms with Crippen LogP contribution in [-0.4, -0.2) is 36.3 Å². The van der Waals surface area contributed by atoms with Crippen molar-refractivity contribution < 1.29 is 18.3 Å². The molecule has 1 heterocycles. The van der Waals surface area contributed by atoms with Crippen molar-refractivity contribution in [2.24, 2.45) is 5.73 Å². The SMILES string of the molecule is CC(O)c1cccc(S(=O)(=O)N2CCCCC2C(N)=O)c1. The van der Waals surface area contributed by atoms with Gasteiger partial charge in [-0.05, 0) is 37.5 Å². The molecule has 21 heavy (non-hydrogen) atoms. The molecule has 0 bridgehead atoms. The fourth-order valence-corrected chi connectivity index (χ4v) is 4.27. The van der Waals surface area contributed by atoms with Gasteiger partial charge in [0, 0.05) is 6.54 Å². The number of amides is 1. The fraction of sp³-hybridized carbons (Fsp3) is 0.500. The van der Waals surface area contributed by atoms with E-state index in [1.807, 2.05) is 0 Å². The van der Waals surface area contributed by atoms with Crippen molar-refractivity contribution in [2.75, 3.05) is 6.54 Å². The van der Waals surface area contributed by atoms with Gasteiger partial charge in [0.05, 0.1) is 11.0 Å². The Hall–Kier alpha value is -1.44. The van der Waals surface area contributed by atoms with E-state index in [2.05, 4.69) is 0 Å². The average Bonchev–Trinajstić information content (AvgIpc) is 2.47. The number of sulfonamides is 1. The molecule has 0 aromatic heterocycles. The molecular formula is C14H20N2O4S. The predicted octanol–water partition coefficient (Wildman–Crippen LogP) is 0.768. The van der Waals surface area contributed by atoms with Crippen LogP contribution in [0.3, 0.4) is 0 Å². The van der Waals surface area contributed by atoms with E-state index in [0.29, 0.717) is 18.4 Å². The van der Waals surface area contributed by atoms with E-state index < -0.39 is 28.1 Å². The number of hydrogen-bond donors (Lipinski definition) is 2. The number of primary amides is 1. The third kappa shape index (κ3) is 3.25. The molecular weight excluding hydrogens is 292 g/mol. The molecule has 116 valence electrons. The molecule has 7 heteroatoms. The first-order valence-electron chi connectivity index (χ1n) is 6.93. The number of nitrogens with two attached hydrogens (primary N) is 1. The molecule has 2 atom stereocenters. The predicted molar refractivity (Wildman–Crippen MR) is 77.8 cm³/mol. The van der Waals surface area contributed by atoms with Crippen LogP contribution in [0, 0.1) is 0 Å². The van der Waals surface area contributed by atoms with Crippen molar-refractivity contribution in [2.45, 2.75) is 43.2 Å². The first-order valence-corrected chi connectivity index (χ1v) is 8.37. The molecule has 1 amide bonds. The van der Waals surface area contributed by atoms with Crippen LogP contribution >= 0.6 is 0 Å². The minimum atomic E-state index is -3.79. The zero-order chi connectivity index (χ0) is 15.6. The molecule has 2 unspecified atom stereocenters. The van der Waals surface area contributed by atoms with Crippen molar-refractivity contribution in [1.29, 1.82) is 0 Å². The van der Waals surface area contributed by atoms with Crippen LogP contribution in [0.15, 0.2) is 29.2 Å². The van der Waals surface area contributed by atoms with E-state index in [4.69, 9.17) is 5.73 Å². The molecule has 3 N–H and O–H groups in total. The van der Waals surface area contributed by atoms with E-state index in [-0.39, 0.29) is 11.4 Å². The summed E-state index contributed by atoms with van der Waals surface area (Å²) in [6.07, 6.45) is 1.19. The third-order valence-corrected chi connectivity index (χ3v) is 5.63. The Bertz CT molecular complexity index is 628. The molecule has 0 radical (unpaired) electrons. The van der Waals surface area contributed by atoms with Crippen LogP contribution in [0.2, 0.25) is 0 Å². The number of benzene rings is 1. The maximum absolute atomic E-state index is 12.7. The summed E-state index contributed by atoms with van der Waals surface area (Å²) in [5, 5.41) is 9.58. The summed E-state index contributed by atoms with van der Waals surface area (Å²) in [5.41, 5.74) is 5.84. The number of aliphatic hydroxyl groups excluding tert-OH is 1. The number of rotatable bonds is 4. The molecule has 2 rings (SSSR count). The fourth-order valence-electron chi connectivity index (χ4n) is 2.55. The lowest BCUT2D eigenvalue weighted by Gasteiger charge is -2.32. The zero-order valence-corrected chi connectivity index (χ0v) is 12.7. The standard InChI is InChI=1S/C14H20N2O4S/c1-10(17)11-5-4-6-12(9-11)21(19,20)16-8-3-2-7-13(16)14(15)18/h4-6,9-10,13,17H,2-3,7-8H2,1H3,(H2,15,18). The Balaban J connectivity index is 2.40. The topological polar surface area (TPSA) is 101 Å². The molecule has 0 aliphatic carbocycles. The van der Waals surface area contributed by atoms with Crippen molar-refractivity contribution in [3.05, 3.63) is 29.8 Å². The minimum Gasteiger partial charge on any atom is -0.389 e. The first kappa shape index (κ1) is 15.9. The van der Waals surface area contributed by atoms with Crippen LogP contribution in [0.25, 0.3) is 0 Å². The third-order valence-electron chi connectivity index (χ3n) is 3.73. The highest BCUT2D eigenvalue weighted by molar-refractivity contribution is 7.89. The van der Waals surface area contributed by atoms with Gasteiger partial charge < -0.3 is 10.8 Å². The maximum Gasteiger partial charge on any atom is 0.243 e. The maximum atomic E-state index is 12.7. The molecule has 0 spiro atoms. The Morgan fingerprint density at radius 2 is 2.14 bits per heavy atom. The van der Waals surface area contributed by atoms with E-state index in [1.54, 1.807) is 19.1 Å². The van der Waals surface area contributed by atoms with E-state index >= 15 is 0 Å². The number of hydrogen-bond acceptors (Lipinski definition) is 4. The number of nitrogens with zero attached hydrogens (tertiary/aromatic N) is 1. The number of piperidine rings is 1. The second-order valence-corrected chi connectivity index (χ2v) is 7.17. The van der Waals surface area contributed by atoms with Crippen LogP contribution in [-0.2, 0) is 14.8 Å². The average molecular weight is 312 g/mol. The first-order chi connectivity index (χ1) is 9.84. The smallest absolute Gasteiger partial charge is 0.243 e. The second-order valence-electron chi connectivity index (χ2n) is 5.28. The van der Waals surface area contributed by atoms with E-state index in [9.17, 15) is 18.3 Å². The lowest BCUT2D eigenvalue weighted by molar-refractivity contribution is -0.122. The zero-order valence-electron chi connectivity index (χ0n) is 11.9. The van der Waals surface area contributed by atoms with E-state index in [1.165, 1.54) is 16.4 Å². The van der Waals surface area contributed by atoms with Gasteiger partial charge in [-0.25, -0.2) is 8.42 Å². The highest BCUT2D eigenvalue weighted by Gasteiger charge is 2.36. The molecule has 0 saturated carbocycles. The Morgan fingerprint density at radius 3 is 2.76 bits per heavy atom. The summed E-state index contributed by atoms with van der Waals surface area (Å²) in [5.74, 6) is -0.620. The van der Waals surface area contributed by atoms with Gasteiger partial charge in [0.25, 0.3) is 0 Å². The lowest BCUT2D eigenvalue weighted by Crippen LogP contribution is -2.50. The summed E-state index contributed by atoms with van der Waals surface area (Å²) < 4.78 is 26.6. The van der Waals surface area contributed by atoms with Gasteiger partial charge in [0.1, 0.15) is 6.04 Å². The lowest BCUT2D eigenvalue weighted by atomic mass is 10.0. The molecule has 1 saturated heterocycles. The van der Waals surface area contributed by atoms with Crippen molar-refractivity contribution in [3.8, 4) is 0 Å². The van der Waals surface area contributed by atoms with Gasteiger partial charge in [0.2, 0.25) is 15.9 Å². The van der Waals surface area contributed by atoms with Gasteiger partial charge in [-0.2, -0.15) is 4.31 Å². The minimum absolute atomic E-state index is 0.0778. The number of carbonyl (C=O) groups is 1. The van der Waals surface area contributed by atoms with Gasteiger partial charge >= 0.3 is 0 Å².